The lowest BCUT2D eigenvalue weighted by Gasteiger charge is -2.50. The standard InChI is InChI=1S/C23H28FNO2/c1-2-20-17-26-22(19-8-10-21(24)11-9-19)27-23(20)12-14-25(15-13-23)16-18-6-4-3-5-7-18/h3-11,20,22H,2,12-17H2,1H3. The van der Waals surface area contributed by atoms with Crippen LogP contribution in [0.25, 0.3) is 0 Å². The number of hydrogen-bond donors (Lipinski definition) is 0. The first-order valence-electron chi connectivity index (χ1n) is 10.00. The number of rotatable bonds is 4. The minimum Gasteiger partial charge on any atom is -0.348 e. The van der Waals surface area contributed by atoms with E-state index in [2.05, 4.69) is 42.2 Å². The van der Waals surface area contributed by atoms with Crippen LogP contribution in [0.1, 0.15) is 43.6 Å². The molecule has 0 bridgehead atoms. The number of benzene rings is 2. The zero-order valence-corrected chi connectivity index (χ0v) is 15.9. The lowest BCUT2D eigenvalue weighted by molar-refractivity contribution is -0.298. The zero-order valence-electron chi connectivity index (χ0n) is 15.9. The Morgan fingerprint density at radius 3 is 2.41 bits per heavy atom. The second kappa shape index (κ2) is 8.09. The Kier molecular flexibility index (Phi) is 5.58. The molecule has 2 aromatic carbocycles. The van der Waals surface area contributed by atoms with Crippen molar-refractivity contribution in [3.63, 3.8) is 0 Å². The Morgan fingerprint density at radius 2 is 1.74 bits per heavy atom. The fourth-order valence-corrected chi connectivity index (χ4v) is 4.43. The Morgan fingerprint density at radius 1 is 1.04 bits per heavy atom. The molecule has 144 valence electrons. The highest BCUT2D eigenvalue weighted by Crippen LogP contribution is 2.44. The summed E-state index contributed by atoms with van der Waals surface area (Å²) < 4.78 is 25.8. The minimum absolute atomic E-state index is 0.140. The zero-order chi connectivity index (χ0) is 18.7. The van der Waals surface area contributed by atoms with Crippen LogP contribution in [0.4, 0.5) is 4.39 Å². The summed E-state index contributed by atoms with van der Waals surface area (Å²) in [7, 11) is 0. The molecule has 0 N–H and O–H groups in total. The molecule has 2 fully saturated rings. The first-order valence-corrected chi connectivity index (χ1v) is 10.00. The van der Waals surface area contributed by atoms with Crippen LogP contribution in [0.15, 0.2) is 54.6 Å². The van der Waals surface area contributed by atoms with Gasteiger partial charge >= 0.3 is 0 Å². The number of hydrogen-bond acceptors (Lipinski definition) is 3. The summed E-state index contributed by atoms with van der Waals surface area (Å²) in [6.45, 7) is 5.97. The largest absolute Gasteiger partial charge is 0.348 e. The van der Waals surface area contributed by atoms with Crippen molar-refractivity contribution in [1.29, 1.82) is 0 Å². The van der Waals surface area contributed by atoms with Crippen LogP contribution in [0, 0.1) is 11.7 Å². The monoisotopic (exact) mass is 369 g/mol. The summed E-state index contributed by atoms with van der Waals surface area (Å²) in [5.41, 5.74) is 2.12. The third-order valence-corrected chi connectivity index (χ3v) is 6.12. The maximum Gasteiger partial charge on any atom is 0.184 e. The van der Waals surface area contributed by atoms with Gasteiger partial charge in [-0.1, -0.05) is 49.4 Å². The second-order valence-corrected chi connectivity index (χ2v) is 7.77. The van der Waals surface area contributed by atoms with E-state index in [1.165, 1.54) is 17.7 Å². The third-order valence-electron chi connectivity index (χ3n) is 6.12. The van der Waals surface area contributed by atoms with Gasteiger partial charge in [-0.15, -0.1) is 0 Å². The molecule has 4 heteroatoms. The van der Waals surface area contributed by atoms with Crippen molar-refractivity contribution in [2.24, 2.45) is 5.92 Å². The number of nitrogens with zero attached hydrogens (tertiary/aromatic N) is 1. The summed E-state index contributed by atoms with van der Waals surface area (Å²) in [6.07, 6.45) is 2.68. The van der Waals surface area contributed by atoms with Gasteiger partial charge in [-0.05, 0) is 37.0 Å². The molecular weight excluding hydrogens is 341 g/mol. The Hall–Kier alpha value is -1.75. The van der Waals surface area contributed by atoms with Crippen molar-refractivity contribution in [3.8, 4) is 0 Å². The highest BCUT2D eigenvalue weighted by molar-refractivity contribution is 5.18. The van der Waals surface area contributed by atoms with Crippen LogP contribution in [-0.4, -0.2) is 30.2 Å². The van der Waals surface area contributed by atoms with Gasteiger partial charge in [-0.2, -0.15) is 0 Å². The molecule has 2 unspecified atom stereocenters. The molecule has 0 amide bonds. The topological polar surface area (TPSA) is 21.7 Å². The molecule has 2 aliphatic heterocycles. The maximum absolute atomic E-state index is 13.3. The Labute approximate surface area is 161 Å². The van der Waals surface area contributed by atoms with E-state index in [9.17, 15) is 4.39 Å². The van der Waals surface area contributed by atoms with Gasteiger partial charge in [0.05, 0.1) is 12.2 Å². The van der Waals surface area contributed by atoms with E-state index in [0.717, 1.165) is 44.5 Å². The van der Waals surface area contributed by atoms with Crippen molar-refractivity contribution in [1.82, 2.24) is 4.90 Å². The van der Waals surface area contributed by atoms with Gasteiger partial charge in [0.15, 0.2) is 6.29 Å². The molecule has 0 aliphatic carbocycles. The smallest absolute Gasteiger partial charge is 0.184 e. The lowest BCUT2D eigenvalue weighted by atomic mass is 9.77. The van der Waals surface area contributed by atoms with Gasteiger partial charge in [0.25, 0.3) is 0 Å². The van der Waals surface area contributed by atoms with E-state index in [1.54, 1.807) is 12.1 Å². The van der Waals surface area contributed by atoms with Crippen molar-refractivity contribution in [3.05, 3.63) is 71.5 Å². The Balaban J connectivity index is 1.44. The van der Waals surface area contributed by atoms with Gasteiger partial charge in [0.1, 0.15) is 5.82 Å². The van der Waals surface area contributed by atoms with Crippen molar-refractivity contribution in [2.45, 2.75) is 44.6 Å². The quantitative estimate of drug-likeness (QED) is 0.763. The highest BCUT2D eigenvalue weighted by atomic mass is 19.1. The number of ether oxygens (including phenoxy) is 2. The third kappa shape index (κ3) is 4.08. The first-order chi connectivity index (χ1) is 13.2. The molecule has 0 radical (unpaired) electrons. The van der Waals surface area contributed by atoms with E-state index in [4.69, 9.17) is 9.47 Å². The van der Waals surface area contributed by atoms with Crippen LogP contribution in [0.3, 0.4) is 0 Å². The highest BCUT2D eigenvalue weighted by Gasteiger charge is 2.47. The second-order valence-electron chi connectivity index (χ2n) is 7.77. The molecular formula is C23H28FNO2. The lowest BCUT2D eigenvalue weighted by Crippen LogP contribution is -2.54. The van der Waals surface area contributed by atoms with E-state index in [1.807, 2.05) is 0 Å². The SMILES string of the molecule is CCC1COC(c2ccc(F)cc2)OC12CCN(Cc1ccccc1)CC2. The van der Waals surface area contributed by atoms with Gasteiger partial charge in [-0.25, -0.2) is 4.39 Å². The molecule has 4 rings (SSSR count). The molecule has 2 aliphatic rings. The predicted molar refractivity (Wildman–Crippen MR) is 104 cm³/mol. The summed E-state index contributed by atoms with van der Waals surface area (Å²) in [4.78, 5) is 2.51. The molecule has 2 heterocycles. The van der Waals surface area contributed by atoms with Gasteiger partial charge in [-0.3, -0.25) is 4.90 Å². The molecule has 2 saturated heterocycles. The molecule has 2 atom stereocenters. The number of likely N-dealkylation sites (tertiary alicyclic amines) is 1. The van der Waals surface area contributed by atoms with Crippen LogP contribution in [-0.2, 0) is 16.0 Å². The molecule has 3 nitrogen and oxygen atoms in total. The van der Waals surface area contributed by atoms with Crippen molar-refractivity contribution in [2.75, 3.05) is 19.7 Å². The summed E-state index contributed by atoms with van der Waals surface area (Å²) >= 11 is 0. The van der Waals surface area contributed by atoms with Gasteiger partial charge < -0.3 is 9.47 Å². The normalized spacial score (nSPS) is 25.6. The minimum atomic E-state index is -0.394. The summed E-state index contributed by atoms with van der Waals surface area (Å²) in [6, 6.07) is 17.1. The molecule has 0 aromatic heterocycles. The van der Waals surface area contributed by atoms with Crippen molar-refractivity contribution < 1.29 is 13.9 Å². The van der Waals surface area contributed by atoms with Gasteiger partial charge in [0.2, 0.25) is 0 Å². The van der Waals surface area contributed by atoms with E-state index >= 15 is 0 Å². The van der Waals surface area contributed by atoms with E-state index < -0.39 is 6.29 Å². The van der Waals surface area contributed by atoms with Crippen LogP contribution >= 0.6 is 0 Å². The Bertz CT molecular complexity index is 726. The maximum atomic E-state index is 13.3. The van der Waals surface area contributed by atoms with E-state index in [-0.39, 0.29) is 11.4 Å². The molecule has 1 spiro atoms. The van der Waals surface area contributed by atoms with Crippen LogP contribution < -0.4 is 0 Å². The average Bonchev–Trinajstić information content (AvgIpc) is 2.71. The molecule has 27 heavy (non-hydrogen) atoms. The summed E-state index contributed by atoms with van der Waals surface area (Å²) in [5, 5.41) is 0. The van der Waals surface area contributed by atoms with Crippen LogP contribution in [0.5, 0.6) is 0 Å². The predicted octanol–water partition coefficient (Wildman–Crippen LogP) is 4.93. The summed E-state index contributed by atoms with van der Waals surface area (Å²) in [5.74, 6) is 0.179. The first kappa shape index (κ1) is 18.6. The number of halogens is 1. The van der Waals surface area contributed by atoms with Gasteiger partial charge in [0, 0.05) is 31.1 Å². The number of piperidine rings is 1. The fourth-order valence-electron chi connectivity index (χ4n) is 4.43. The van der Waals surface area contributed by atoms with Crippen molar-refractivity contribution >= 4 is 0 Å². The molecule has 0 saturated carbocycles. The average molecular weight is 369 g/mol. The van der Waals surface area contributed by atoms with Crippen LogP contribution in [0.2, 0.25) is 0 Å². The van der Waals surface area contributed by atoms with E-state index in [0.29, 0.717) is 12.5 Å². The fraction of sp³-hybridized carbons (Fsp3) is 0.478. The molecule has 2 aromatic rings.